The molecular formula is C21H23N3OS. The Morgan fingerprint density at radius 3 is 2.73 bits per heavy atom. The Morgan fingerprint density at radius 1 is 1.23 bits per heavy atom. The first kappa shape index (κ1) is 18.5. The number of hydrogen-bond donors (Lipinski definition) is 1. The fraction of sp³-hybridized carbons (Fsp3) is 0.381. The number of carbonyl (C=O) groups excluding carboxylic acids is 1. The van der Waals surface area contributed by atoms with Crippen molar-refractivity contribution in [2.24, 2.45) is 0 Å². The van der Waals surface area contributed by atoms with E-state index in [1.807, 2.05) is 45.0 Å². The summed E-state index contributed by atoms with van der Waals surface area (Å²) in [5, 5.41) is 12.7. The molecule has 1 aliphatic rings. The molecule has 1 N–H and O–H groups in total. The molecule has 3 rings (SSSR count). The Hall–Kier alpha value is -2.32. The van der Waals surface area contributed by atoms with Crippen molar-refractivity contribution in [1.29, 1.82) is 5.26 Å². The second-order valence-corrected chi connectivity index (χ2v) is 8.14. The standard InChI is InChI=1S/C21H23N3OS/c1-13-8-9-18(10-14(13)2)23-20(25)15(3)26-21-17(12-22)11-16-6-4-5-7-19(16)24-21/h8-11,15H,4-7H2,1-3H3,(H,23,25). The average Bonchev–Trinajstić information content (AvgIpc) is 2.64. The Morgan fingerprint density at radius 2 is 2.00 bits per heavy atom. The molecule has 26 heavy (non-hydrogen) atoms. The number of amides is 1. The maximum Gasteiger partial charge on any atom is 0.237 e. The summed E-state index contributed by atoms with van der Waals surface area (Å²) >= 11 is 1.36. The summed E-state index contributed by atoms with van der Waals surface area (Å²) in [7, 11) is 0. The van der Waals surface area contributed by atoms with Gasteiger partial charge in [-0.3, -0.25) is 4.79 Å². The molecule has 0 radical (unpaired) electrons. The van der Waals surface area contributed by atoms with Crippen LogP contribution in [0, 0.1) is 25.2 Å². The molecule has 1 unspecified atom stereocenters. The van der Waals surface area contributed by atoms with Crippen molar-refractivity contribution in [2.75, 3.05) is 5.32 Å². The molecule has 0 aliphatic heterocycles. The molecule has 0 fully saturated rings. The number of anilines is 1. The number of nitrogens with one attached hydrogen (secondary N) is 1. The zero-order chi connectivity index (χ0) is 18.7. The fourth-order valence-corrected chi connectivity index (χ4v) is 3.96. The van der Waals surface area contributed by atoms with E-state index < -0.39 is 0 Å². The van der Waals surface area contributed by atoms with Crippen LogP contribution < -0.4 is 5.32 Å². The van der Waals surface area contributed by atoms with Gasteiger partial charge in [-0.25, -0.2) is 4.98 Å². The smallest absolute Gasteiger partial charge is 0.237 e. The van der Waals surface area contributed by atoms with Gasteiger partial charge >= 0.3 is 0 Å². The number of fused-ring (bicyclic) bond motifs is 1. The Labute approximate surface area is 159 Å². The molecule has 1 aromatic carbocycles. The number of thioether (sulfide) groups is 1. The highest BCUT2D eigenvalue weighted by Gasteiger charge is 2.20. The van der Waals surface area contributed by atoms with Crippen LogP contribution in [0.15, 0.2) is 29.3 Å². The van der Waals surface area contributed by atoms with Crippen molar-refractivity contribution in [3.05, 3.63) is 52.2 Å². The number of benzene rings is 1. The van der Waals surface area contributed by atoms with Crippen LogP contribution in [0.5, 0.6) is 0 Å². The van der Waals surface area contributed by atoms with Crippen molar-refractivity contribution in [3.8, 4) is 6.07 Å². The molecule has 0 saturated carbocycles. The van der Waals surface area contributed by atoms with Gasteiger partial charge in [-0.1, -0.05) is 17.8 Å². The summed E-state index contributed by atoms with van der Waals surface area (Å²) in [6, 6.07) is 10.1. The molecule has 134 valence electrons. The number of aromatic nitrogens is 1. The molecule has 0 saturated heterocycles. The van der Waals surface area contributed by atoms with E-state index >= 15 is 0 Å². The number of nitrogens with zero attached hydrogens (tertiary/aromatic N) is 2. The number of rotatable bonds is 4. The molecule has 1 heterocycles. The summed E-state index contributed by atoms with van der Waals surface area (Å²) in [5.74, 6) is -0.0818. The largest absolute Gasteiger partial charge is 0.325 e. The quantitative estimate of drug-likeness (QED) is 0.806. The number of aryl methyl sites for hydroxylation is 4. The topological polar surface area (TPSA) is 65.8 Å². The van der Waals surface area contributed by atoms with Gasteiger partial charge in [0.05, 0.1) is 10.8 Å². The first-order chi connectivity index (χ1) is 12.5. The zero-order valence-electron chi connectivity index (χ0n) is 15.4. The van der Waals surface area contributed by atoms with E-state index in [0.29, 0.717) is 10.6 Å². The van der Waals surface area contributed by atoms with Crippen molar-refractivity contribution in [3.63, 3.8) is 0 Å². The van der Waals surface area contributed by atoms with Crippen LogP contribution in [0.4, 0.5) is 5.69 Å². The molecule has 5 heteroatoms. The first-order valence-corrected chi connectivity index (χ1v) is 9.83. The molecule has 1 amide bonds. The highest BCUT2D eigenvalue weighted by atomic mass is 32.2. The molecule has 2 aromatic rings. The highest BCUT2D eigenvalue weighted by Crippen LogP contribution is 2.30. The van der Waals surface area contributed by atoms with Crippen LogP contribution in [0.2, 0.25) is 0 Å². The highest BCUT2D eigenvalue weighted by molar-refractivity contribution is 8.00. The molecule has 0 spiro atoms. The van der Waals surface area contributed by atoms with Crippen LogP contribution in [0.25, 0.3) is 0 Å². The lowest BCUT2D eigenvalue weighted by Gasteiger charge is -2.18. The Kier molecular flexibility index (Phi) is 5.63. The van der Waals surface area contributed by atoms with E-state index in [0.717, 1.165) is 42.6 Å². The van der Waals surface area contributed by atoms with Gasteiger partial charge in [-0.05, 0) is 81.3 Å². The molecule has 1 aliphatic carbocycles. The minimum atomic E-state index is -0.335. The molecule has 0 bridgehead atoms. The lowest BCUT2D eigenvalue weighted by Crippen LogP contribution is -2.23. The average molecular weight is 366 g/mol. The third-order valence-corrected chi connectivity index (χ3v) is 5.92. The minimum absolute atomic E-state index is 0.0818. The maximum absolute atomic E-state index is 12.6. The van der Waals surface area contributed by atoms with Crippen molar-refractivity contribution < 1.29 is 4.79 Å². The number of pyridine rings is 1. The van der Waals surface area contributed by atoms with E-state index in [4.69, 9.17) is 4.98 Å². The summed E-state index contributed by atoms with van der Waals surface area (Å²) < 4.78 is 0. The Balaban J connectivity index is 1.74. The van der Waals surface area contributed by atoms with Crippen molar-refractivity contribution in [1.82, 2.24) is 4.98 Å². The second-order valence-electron chi connectivity index (χ2n) is 6.81. The first-order valence-electron chi connectivity index (χ1n) is 8.95. The summed E-state index contributed by atoms with van der Waals surface area (Å²) in [5.41, 5.74) is 5.98. The van der Waals surface area contributed by atoms with Gasteiger partial charge in [0.15, 0.2) is 0 Å². The van der Waals surface area contributed by atoms with E-state index in [2.05, 4.69) is 11.4 Å². The summed E-state index contributed by atoms with van der Waals surface area (Å²) in [6.45, 7) is 5.92. The molecule has 1 atom stereocenters. The Bertz CT molecular complexity index is 886. The van der Waals surface area contributed by atoms with E-state index in [1.54, 1.807) is 0 Å². The summed E-state index contributed by atoms with van der Waals surface area (Å²) in [6.07, 6.45) is 4.24. The molecule has 4 nitrogen and oxygen atoms in total. The van der Waals surface area contributed by atoms with Gasteiger partial charge in [-0.15, -0.1) is 0 Å². The van der Waals surface area contributed by atoms with Crippen molar-refractivity contribution >= 4 is 23.4 Å². The monoisotopic (exact) mass is 365 g/mol. The third kappa shape index (κ3) is 4.08. The van der Waals surface area contributed by atoms with Crippen molar-refractivity contribution in [2.45, 2.75) is 56.7 Å². The number of nitriles is 1. The van der Waals surface area contributed by atoms with E-state index in [-0.39, 0.29) is 11.2 Å². The van der Waals surface area contributed by atoms with E-state index in [9.17, 15) is 10.1 Å². The zero-order valence-corrected chi connectivity index (χ0v) is 16.2. The molecule has 1 aromatic heterocycles. The van der Waals surface area contributed by atoms with E-state index in [1.165, 1.54) is 22.9 Å². The van der Waals surface area contributed by atoms with Gasteiger partial charge in [0.1, 0.15) is 11.1 Å². The summed E-state index contributed by atoms with van der Waals surface area (Å²) in [4.78, 5) is 17.3. The normalized spacial score (nSPS) is 14.2. The second kappa shape index (κ2) is 7.92. The van der Waals surface area contributed by atoms with Gasteiger partial charge in [0, 0.05) is 11.4 Å². The van der Waals surface area contributed by atoms with Crippen LogP contribution in [0.1, 0.15) is 47.7 Å². The van der Waals surface area contributed by atoms with Crippen LogP contribution >= 0.6 is 11.8 Å². The predicted molar refractivity (Wildman–Crippen MR) is 105 cm³/mol. The molecular weight excluding hydrogens is 342 g/mol. The van der Waals surface area contributed by atoms with Gasteiger partial charge in [-0.2, -0.15) is 5.26 Å². The third-order valence-electron chi connectivity index (χ3n) is 4.82. The van der Waals surface area contributed by atoms with Crippen LogP contribution in [0.3, 0.4) is 0 Å². The lowest BCUT2D eigenvalue weighted by molar-refractivity contribution is -0.115. The lowest BCUT2D eigenvalue weighted by atomic mass is 9.95. The van der Waals surface area contributed by atoms with Gasteiger partial charge < -0.3 is 5.32 Å². The maximum atomic E-state index is 12.6. The number of hydrogen-bond acceptors (Lipinski definition) is 4. The minimum Gasteiger partial charge on any atom is -0.325 e. The predicted octanol–water partition coefficient (Wildman–Crippen LogP) is 4.57. The SMILES string of the molecule is Cc1ccc(NC(=O)C(C)Sc2nc3c(cc2C#N)CCCC3)cc1C. The van der Waals surface area contributed by atoms with Crippen LogP contribution in [-0.2, 0) is 17.6 Å². The van der Waals surface area contributed by atoms with Crippen LogP contribution in [-0.4, -0.2) is 16.1 Å². The van der Waals surface area contributed by atoms with Gasteiger partial charge in [0.25, 0.3) is 0 Å². The van der Waals surface area contributed by atoms with Gasteiger partial charge in [0.2, 0.25) is 5.91 Å². The fourth-order valence-electron chi connectivity index (χ4n) is 3.07. The number of carbonyl (C=O) groups is 1.